The van der Waals surface area contributed by atoms with Crippen molar-refractivity contribution in [1.82, 2.24) is 14.8 Å². The number of pyridine rings is 1. The second kappa shape index (κ2) is 12.8. The summed E-state index contributed by atoms with van der Waals surface area (Å²) in [5.74, 6) is -1.23. The van der Waals surface area contributed by atoms with Gasteiger partial charge in [-0.1, -0.05) is 35.3 Å². The maximum atomic E-state index is 13.4. The number of alkyl halides is 3. The van der Waals surface area contributed by atoms with Crippen LogP contribution in [0.1, 0.15) is 43.8 Å². The van der Waals surface area contributed by atoms with Crippen LogP contribution in [-0.4, -0.2) is 43.3 Å². The van der Waals surface area contributed by atoms with Crippen LogP contribution in [0, 0.1) is 0 Å². The van der Waals surface area contributed by atoms with E-state index in [1.165, 1.54) is 42.5 Å². The largest absolute Gasteiger partial charge is 0.481 e. The van der Waals surface area contributed by atoms with Crippen LogP contribution < -0.4 is 5.32 Å². The number of carboxylic acids is 1. The third-order valence-electron chi connectivity index (χ3n) is 5.61. The highest BCUT2D eigenvalue weighted by atomic mass is 35.5. The molecular weight excluding hydrogens is 604 g/mol. The SMILES string of the molecule is O=C(O)CCSCc1cccc(C(=O)Nc2ncc(Cl)cc2C(=O)c2cnn(-c3ccc(Cl)c(C(F)(F)F)c3)c2)c1. The normalized spacial score (nSPS) is 11.3. The summed E-state index contributed by atoms with van der Waals surface area (Å²) in [5.41, 5.74) is 0.0158. The Labute approximate surface area is 245 Å². The lowest BCUT2D eigenvalue weighted by molar-refractivity contribution is -0.138. The number of thioether (sulfide) groups is 1. The smallest absolute Gasteiger partial charge is 0.417 e. The second-order valence-corrected chi connectivity index (χ2v) is 10.5. The number of hydrogen-bond acceptors (Lipinski definition) is 6. The molecule has 212 valence electrons. The second-order valence-electron chi connectivity index (χ2n) is 8.57. The molecule has 0 atom stereocenters. The average Bonchev–Trinajstić information content (AvgIpc) is 3.42. The molecule has 4 rings (SSSR count). The van der Waals surface area contributed by atoms with Crippen molar-refractivity contribution in [2.24, 2.45) is 0 Å². The fourth-order valence-corrected chi connectivity index (χ4v) is 4.91. The maximum Gasteiger partial charge on any atom is 0.417 e. The van der Waals surface area contributed by atoms with Crippen molar-refractivity contribution in [2.75, 3.05) is 11.1 Å². The molecule has 2 aromatic heterocycles. The van der Waals surface area contributed by atoms with E-state index in [1.54, 1.807) is 24.3 Å². The minimum Gasteiger partial charge on any atom is -0.481 e. The Bertz CT molecular complexity index is 1630. The molecule has 41 heavy (non-hydrogen) atoms. The third kappa shape index (κ3) is 7.66. The number of rotatable bonds is 10. The summed E-state index contributed by atoms with van der Waals surface area (Å²) in [6, 6.07) is 11.2. The van der Waals surface area contributed by atoms with Crippen molar-refractivity contribution >= 4 is 58.4 Å². The Morgan fingerprint density at radius 1 is 1.02 bits per heavy atom. The number of carbonyl (C=O) groups excluding carboxylic acids is 2. The molecule has 14 heteroatoms. The highest BCUT2D eigenvalue weighted by Crippen LogP contribution is 2.36. The van der Waals surface area contributed by atoms with Crippen LogP contribution in [-0.2, 0) is 16.7 Å². The number of nitrogens with one attached hydrogen (secondary N) is 1. The Morgan fingerprint density at radius 3 is 2.54 bits per heavy atom. The maximum absolute atomic E-state index is 13.4. The van der Waals surface area contributed by atoms with Gasteiger partial charge in [-0.3, -0.25) is 14.4 Å². The van der Waals surface area contributed by atoms with Crippen LogP contribution in [0.5, 0.6) is 0 Å². The van der Waals surface area contributed by atoms with Gasteiger partial charge in [-0.05, 0) is 42.0 Å². The van der Waals surface area contributed by atoms with Gasteiger partial charge >= 0.3 is 12.1 Å². The zero-order chi connectivity index (χ0) is 29.7. The van der Waals surface area contributed by atoms with Gasteiger partial charge in [0.25, 0.3) is 5.91 Å². The molecule has 0 unspecified atom stereocenters. The number of aromatic nitrogens is 3. The number of aliphatic carboxylic acids is 1. The molecule has 2 heterocycles. The molecule has 0 aliphatic carbocycles. The van der Waals surface area contributed by atoms with Crippen molar-refractivity contribution in [3.05, 3.63) is 105 Å². The van der Waals surface area contributed by atoms with E-state index in [0.717, 1.165) is 22.4 Å². The Hall–Kier alpha value is -3.87. The molecular formula is C27H19Cl2F3N4O4S. The molecule has 2 N–H and O–H groups in total. The quantitative estimate of drug-likeness (QED) is 0.148. The summed E-state index contributed by atoms with van der Waals surface area (Å²) >= 11 is 13.2. The van der Waals surface area contributed by atoms with Crippen molar-refractivity contribution in [3.8, 4) is 5.69 Å². The Morgan fingerprint density at radius 2 is 1.80 bits per heavy atom. The highest BCUT2D eigenvalue weighted by Gasteiger charge is 2.33. The number of carbonyl (C=O) groups is 3. The first-order chi connectivity index (χ1) is 19.4. The monoisotopic (exact) mass is 622 g/mol. The molecule has 0 spiro atoms. The molecule has 0 radical (unpaired) electrons. The van der Waals surface area contributed by atoms with Crippen LogP contribution in [0.2, 0.25) is 10.0 Å². The van der Waals surface area contributed by atoms with Gasteiger partial charge in [0.2, 0.25) is 0 Å². The van der Waals surface area contributed by atoms with E-state index < -0.39 is 34.4 Å². The third-order valence-corrected chi connectivity index (χ3v) is 7.18. The molecule has 0 aliphatic rings. The lowest BCUT2D eigenvalue weighted by Crippen LogP contribution is -2.16. The van der Waals surface area contributed by atoms with E-state index in [0.29, 0.717) is 11.5 Å². The molecule has 2 aromatic carbocycles. The van der Waals surface area contributed by atoms with E-state index in [9.17, 15) is 27.6 Å². The van der Waals surface area contributed by atoms with Gasteiger partial charge in [0, 0.05) is 29.5 Å². The summed E-state index contributed by atoms with van der Waals surface area (Å²) in [5, 5.41) is 15.0. The lowest BCUT2D eigenvalue weighted by atomic mass is 10.1. The fraction of sp³-hybridized carbons (Fsp3) is 0.148. The van der Waals surface area contributed by atoms with Gasteiger partial charge in [0.15, 0.2) is 5.78 Å². The Kier molecular flexibility index (Phi) is 9.36. The zero-order valence-electron chi connectivity index (χ0n) is 20.8. The number of carboxylic acid groups (broad SMARTS) is 1. The summed E-state index contributed by atoms with van der Waals surface area (Å²) in [6.45, 7) is 0. The van der Waals surface area contributed by atoms with Crippen LogP contribution in [0.25, 0.3) is 5.69 Å². The predicted molar refractivity (Wildman–Crippen MR) is 149 cm³/mol. The van der Waals surface area contributed by atoms with E-state index in [2.05, 4.69) is 15.4 Å². The first-order valence-corrected chi connectivity index (χ1v) is 13.7. The Balaban J connectivity index is 1.54. The summed E-state index contributed by atoms with van der Waals surface area (Å²) in [6.07, 6.45) is -1.00. The highest BCUT2D eigenvalue weighted by molar-refractivity contribution is 7.98. The number of halogens is 5. The van der Waals surface area contributed by atoms with Gasteiger partial charge in [-0.15, -0.1) is 0 Å². The number of anilines is 1. The zero-order valence-corrected chi connectivity index (χ0v) is 23.1. The van der Waals surface area contributed by atoms with E-state index in [1.807, 2.05) is 0 Å². The van der Waals surface area contributed by atoms with Gasteiger partial charge in [-0.25, -0.2) is 9.67 Å². The van der Waals surface area contributed by atoms with Gasteiger partial charge < -0.3 is 10.4 Å². The van der Waals surface area contributed by atoms with Crippen LogP contribution in [0.3, 0.4) is 0 Å². The lowest BCUT2D eigenvalue weighted by Gasteiger charge is -2.11. The van der Waals surface area contributed by atoms with Gasteiger partial charge in [0.1, 0.15) is 5.82 Å². The first kappa shape index (κ1) is 30.1. The number of benzene rings is 2. The van der Waals surface area contributed by atoms with E-state index in [-0.39, 0.29) is 39.6 Å². The molecule has 0 saturated heterocycles. The summed E-state index contributed by atoms with van der Waals surface area (Å²) < 4.78 is 40.9. The first-order valence-electron chi connectivity index (χ1n) is 11.7. The van der Waals surface area contributed by atoms with Crippen molar-refractivity contribution in [1.29, 1.82) is 0 Å². The molecule has 8 nitrogen and oxygen atoms in total. The van der Waals surface area contributed by atoms with Crippen molar-refractivity contribution in [2.45, 2.75) is 18.3 Å². The van der Waals surface area contributed by atoms with Crippen LogP contribution in [0.4, 0.5) is 19.0 Å². The number of ketones is 1. The van der Waals surface area contributed by atoms with Crippen LogP contribution >= 0.6 is 35.0 Å². The van der Waals surface area contributed by atoms with E-state index in [4.69, 9.17) is 28.3 Å². The van der Waals surface area contributed by atoms with E-state index >= 15 is 0 Å². The molecule has 4 aromatic rings. The standard InChI is InChI=1S/C27H19Cl2F3N4O4S/c28-18-9-20(24(39)17-11-34-36(13-17)19-4-5-22(29)21(10-19)27(30,31)32)25(33-12-18)35-26(40)16-3-1-2-15(8-16)14-41-7-6-23(37)38/h1-5,8-13H,6-7,14H2,(H,37,38)(H,33,35,40). The fourth-order valence-electron chi connectivity index (χ4n) is 3.65. The molecule has 0 bridgehead atoms. The van der Waals surface area contributed by atoms with Crippen LogP contribution in [0.15, 0.2) is 67.1 Å². The summed E-state index contributed by atoms with van der Waals surface area (Å²) in [4.78, 5) is 41.2. The molecule has 0 aliphatic heterocycles. The van der Waals surface area contributed by atoms with Crippen molar-refractivity contribution in [3.63, 3.8) is 0 Å². The number of amides is 1. The molecule has 0 saturated carbocycles. The molecule has 1 amide bonds. The topological polar surface area (TPSA) is 114 Å². The van der Waals surface area contributed by atoms with Crippen molar-refractivity contribution < 1.29 is 32.7 Å². The number of nitrogens with zero attached hydrogens (tertiary/aromatic N) is 3. The summed E-state index contributed by atoms with van der Waals surface area (Å²) in [7, 11) is 0. The number of hydrogen-bond donors (Lipinski definition) is 2. The van der Waals surface area contributed by atoms with Gasteiger partial charge in [-0.2, -0.15) is 30.0 Å². The average molecular weight is 623 g/mol. The van der Waals surface area contributed by atoms with Gasteiger partial charge in [0.05, 0.1) is 45.0 Å². The minimum atomic E-state index is -4.68. The predicted octanol–water partition coefficient (Wildman–Crippen LogP) is 6.78. The minimum absolute atomic E-state index is 0.00783. The molecule has 0 fully saturated rings.